The van der Waals surface area contributed by atoms with Crippen molar-refractivity contribution < 1.29 is 19.1 Å². The predicted molar refractivity (Wildman–Crippen MR) is 88.7 cm³/mol. The van der Waals surface area contributed by atoms with E-state index in [9.17, 15) is 9.59 Å². The fraction of sp³-hybridized carbons (Fsp3) is 0.529. The van der Waals surface area contributed by atoms with Crippen molar-refractivity contribution >= 4 is 11.9 Å². The summed E-state index contributed by atoms with van der Waals surface area (Å²) in [6.07, 6.45) is 0.183. The molecule has 1 aromatic rings. The van der Waals surface area contributed by atoms with Crippen molar-refractivity contribution in [1.29, 1.82) is 0 Å². The number of hydrogen-bond acceptors (Lipinski definition) is 5. The molecule has 0 unspecified atom stereocenters. The van der Waals surface area contributed by atoms with Crippen LogP contribution >= 0.6 is 0 Å². The summed E-state index contributed by atoms with van der Waals surface area (Å²) in [5.41, 5.74) is 0.498. The molecule has 0 aromatic heterocycles. The number of esters is 1. The van der Waals surface area contributed by atoms with E-state index in [1.807, 2.05) is 25.1 Å². The standard InChI is InChI=1S/C17H26N2O4/c1-5-23-16(20)10-11-19(13-12-18(2)3)17(21)14-8-6-7-9-15(14)22-4/h6-9H,5,10-13H2,1-4H3. The van der Waals surface area contributed by atoms with Crippen molar-refractivity contribution in [3.05, 3.63) is 29.8 Å². The molecule has 0 spiro atoms. The maximum Gasteiger partial charge on any atom is 0.307 e. The number of nitrogens with zero attached hydrogens (tertiary/aromatic N) is 2. The molecule has 6 nitrogen and oxygen atoms in total. The monoisotopic (exact) mass is 322 g/mol. The lowest BCUT2D eigenvalue weighted by Gasteiger charge is -2.25. The molecule has 0 N–H and O–H groups in total. The van der Waals surface area contributed by atoms with E-state index >= 15 is 0 Å². The molecule has 0 aliphatic rings. The van der Waals surface area contributed by atoms with Crippen LogP contribution in [0.15, 0.2) is 24.3 Å². The van der Waals surface area contributed by atoms with Gasteiger partial charge in [0.25, 0.3) is 5.91 Å². The summed E-state index contributed by atoms with van der Waals surface area (Å²) < 4.78 is 10.2. The zero-order chi connectivity index (χ0) is 17.2. The second-order valence-corrected chi connectivity index (χ2v) is 5.35. The average Bonchev–Trinajstić information content (AvgIpc) is 2.54. The Morgan fingerprint density at radius 3 is 2.39 bits per heavy atom. The lowest BCUT2D eigenvalue weighted by Crippen LogP contribution is -2.38. The molecule has 0 fully saturated rings. The van der Waals surface area contributed by atoms with Gasteiger partial charge in [0.2, 0.25) is 0 Å². The van der Waals surface area contributed by atoms with Crippen LogP contribution in [-0.2, 0) is 9.53 Å². The molecular weight excluding hydrogens is 296 g/mol. The number of likely N-dealkylation sites (N-methyl/N-ethyl adjacent to an activating group) is 1. The second kappa shape index (κ2) is 9.84. The van der Waals surface area contributed by atoms with E-state index in [1.165, 1.54) is 7.11 Å². The summed E-state index contributed by atoms with van der Waals surface area (Å²) in [5, 5.41) is 0. The van der Waals surface area contributed by atoms with Crippen LogP contribution in [0.5, 0.6) is 5.75 Å². The van der Waals surface area contributed by atoms with Crippen molar-refractivity contribution in [2.24, 2.45) is 0 Å². The lowest BCUT2D eigenvalue weighted by atomic mass is 10.1. The first-order chi connectivity index (χ1) is 11.0. The van der Waals surface area contributed by atoms with Crippen LogP contribution in [-0.4, -0.2) is 69.1 Å². The molecule has 23 heavy (non-hydrogen) atoms. The lowest BCUT2D eigenvalue weighted by molar-refractivity contribution is -0.143. The Bertz CT molecular complexity index is 517. The van der Waals surface area contributed by atoms with E-state index in [2.05, 4.69) is 0 Å². The van der Waals surface area contributed by atoms with Gasteiger partial charge in [-0.1, -0.05) is 12.1 Å². The Hall–Kier alpha value is -2.08. The summed E-state index contributed by atoms with van der Waals surface area (Å²) in [4.78, 5) is 28.0. The zero-order valence-corrected chi connectivity index (χ0v) is 14.4. The van der Waals surface area contributed by atoms with Crippen LogP contribution < -0.4 is 4.74 Å². The number of hydrogen-bond donors (Lipinski definition) is 0. The van der Waals surface area contributed by atoms with Gasteiger partial charge in [-0.2, -0.15) is 0 Å². The van der Waals surface area contributed by atoms with E-state index < -0.39 is 0 Å². The van der Waals surface area contributed by atoms with Gasteiger partial charge in [0.15, 0.2) is 0 Å². The average molecular weight is 322 g/mol. The summed E-state index contributed by atoms with van der Waals surface area (Å²) in [5.74, 6) is 0.0901. The first kappa shape index (κ1) is 19.0. The molecule has 0 radical (unpaired) electrons. The molecule has 0 heterocycles. The first-order valence-electron chi connectivity index (χ1n) is 7.72. The smallest absolute Gasteiger partial charge is 0.307 e. The molecule has 128 valence electrons. The number of rotatable bonds is 9. The number of benzene rings is 1. The van der Waals surface area contributed by atoms with Crippen LogP contribution in [0.4, 0.5) is 0 Å². The van der Waals surface area contributed by atoms with Crippen molar-refractivity contribution in [2.75, 3.05) is 47.4 Å². The van der Waals surface area contributed by atoms with Gasteiger partial charge in [-0.05, 0) is 33.2 Å². The van der Waals surface area contributed by atoms with Gasteiger partial charge >= 0.3 is 5.97 Å². The fourth-order valence-corrected chi connectivity index (χ4v) is 2.09. The highest BCUT2D eigenvalue weighted by molar-refractivity contribution is 5.97. The van der Waals surface area contributed by atoms with Crippen LogP contribution in [0, 0.1) is 0 Å². The Kier molecular flexibility index (Phi) is 8.11. The third-order valence-electron chi connectivity index (χ3n) is 3.33. The number of para-hydroxylation sites is 1. The highest BCUT2D eigenvalue weighted by atomic mass is 16.5. The zero-order valence-electron chi connectivity index (χ0n) is 14.4. The van der Waals surface area contributed by atoms with Gasteiger partial charge in [-0.25, -0.2) is 0 Å². The maximum atomic E-state index is 12.8. The minimum Gasteiger partial charge on any atom is -0.496 e. The van der Waals surface area contributed by atoms with Gasteiger partial charge in [0, 0.05) is 19.6 Å². The Labute approximate surface area is 138 Å². The van der Waals surface area contributed by atoms with Crippen LogP contribution in [0.3, 0.4) is 0 Å². The van der Waals surface area contributed by atoms with Gasteiger partial charge in [-0.15, -0.1) is 0 Å². The number of carbonyl (C=O) groups excluding carboxylic acids is 2. The minimum atomic E-state index is -0.296. The van der Waals surface area contributed by atoms with E-state index in [4.69, 9.17) is 9.47 Å². The Balaban J connectivity index is 2.84. The first-order valence-corrected chi connectivity index (χ1v) is 7.72. The topological polar surface area (TPSA) is 59.1 Å². The third kappa shape index (κ3) is 6.28. The normalized spacial score (nSPS) is 10.5. The second-order valence-electron chi connectivity index (χ2n) is 5.35. The van der Waals surface area contributed by atoms with Crippen molar-refractivity contribution in [3.8, 4) is 5.75 Å². The highest BCUT2D eigenvalue weighted by Crippen LogP contribution is 2.19. The molecule has 0 saturated heterocycles. The van der Waals surface area contributed by atoms with Crippen LogP contribution in [0.1, 0.15) is 23.7 Å². The molecule has 0 atom stereocenters. The van der Waals surface area contributed by atoms with Crippen molar-refractivity contribution in [2.45, 2.75) is 13.3 Å². The Morgan fingerprint density at radius 2 is 1.78 bits per heavy atom. The molecule has 1 rings (SSSR count). The molecule has 0 aliphatic heterocycles. The maximum absolute atomic E-state index is 12.8. The van der Waals surface area contributed by atoms with E-state index in [0.717, 1.165) is 0 Å². The van der Waals surface area contributed by atoms with Crippen molar-refractivity contribution in [1.82, 2.24) is 9.80 Å². The fourth-order valence-electron chi connectivity index (χ4n) is 2.09. The quantitative estimate of drug-likeness (QED) is 0.647. The van der Waals surface area contributed by atoms with E-state index in [1.54, 1.807) is 30.0 Å². The summed E-state index contributed by atoms with van der Waals surface area (Å²) in [6, 6.07) is 7.10. The minimum absolute atomic E-state index is 0.145. The highest BCUT2D eigenvalue weighted by Gasteiger charge is 2.20. The number of methoxy groups -OCH3 is 1. The summed E-state index contributed by atoms with van der Waals surface area (Å²) in [6.45, 7) is 3.68. The Morgan fingerprint density at radius 1 is 1.09 bits per heavy atom. The van der Waals surface area contributed by atoms with E-state index in [0.29, 0.717) is 37.6 Å². The molecular formula is C17H26N2O4. The molecule has 6 heteroatoms. The molecule has 1 aromatic carbocycles. The number of carbonyl (C=O) groups is 2. The third-order valence-corrected chi connectivity index (χ3v) is 3.33. The number of amides is 1. The SMILES string of the molecule is CCOC(=O)CCN(CCN(C)C)C(=O)c1ccccc1OC. The molecule has 0 saturated carbocycles. The van der Waals surface area contributed by atoms with Crippen LogP contribution in [0.25, 0.3) is 0 Å². The summed E-state index contributed by atoms with van der Waals surface area (Å²) in [7, 11) is 5.42. The number of ether oxygens (including phenoxy) is 2. The predicted octanol–water partition coefficient (Wildman–Crippen LogP) is 1.65. The van der Waals surface area contributed by atoms with E-state index in [-0.39, 0.29) is 18.3 Å². The van der Waals surface area contributed by atoms with Gasteiger partial charge in [0.05, 0.1) is 25.7 Å². The molecule has 0 aliphatic carbocycles. The molecule has 0 bridgehead atoms. The van der Waals surface area contributed by atoms with Crippen molar-refractivity contribution in [3.63, 3.8) is 0 Å². The largest absolute Gasteiger partial charge is 0.496 e. The summed E-state index contributed by atoms with van der Waals surface area (Å²) >= 11 is 0. The van der Waals surface area contributed by atoms with Gasteiger partial charge in [-0.3, -0.25) is 9.59 Å². The van der Waals surface area contributed by atoms with Gasteiger partial charge in [0.1, 0.15) is 5.75 Å². The molecule has 1 amide bonds. The van der Waals surface area contributed by atoms with Gasteiger partial charge < -0.3 is 19.3 Å². The van der Waals surface area contributed by atoms with Crippen LogP contribution in [0.2, 0.25) is 0 Å².